The highest BCUT2D eigenvalue weighted by atomic mass is 16.6. The van der Waals surface area contributed by atoms with Crippen LogP contribution in [0.1, 0.15) is 53.4 Å². The summed E-state index contributed by atoms with van der Waals surface area (Å²) in [7, 11) is 1.40. The number of amides is 1. The van der Waals surface area contributed by atoms with Gasteiger partial charge in [-0.15, -0.1) is 0 Å². The van der Waals surface area contributed by atoms with Gasteiger partial charge >= 0.3 is 12.1 Å². The first kappa shape index (κ1) is 15.8. The van der Waals surface area contributed by atoms with Crippen molar-refractivity contribution in [2.24, 2.45) is 5.92 Å². The minimum Gasteiger partial charge on any atom is -0.469 e. The third-order valence-corrected chi connectivity index (χ3v) is 3.27. The third-order valence-electron chi connectivity index (χ3n) is 3.27. The molecule has 0 radical (unpaired) electrons. The van der Waals surface area contributed by atoms with E-state index in [-0.39, 0.29) is 17.6 Å². The molecule has 110 valence electrons. The van der Waals surface area contributed by atoms with Crippen LogP contribution in [0.4, 0.5) is 4.79 Å². The Hall–Kier alpha value is -1.26. The first-order chi connectivity index (χ1) is 8.63. The monoisotopic (exact) mass is 271 g/mol. The minimum absolute atomic E-state index is 0.172. The Morgan fingerprint density at radius 1 is 1.32 bits per heavy atom. The van der Waals surface area contributed by atoms with Gasteiger partial charge in [0, 0.05) is 12.0 Å². The molecule has 1 saturated carbocycles. The lowest BCUT2D eigenvalue weighted by Crippen LogP contribution is -2.56. The van der Waals surface area contributed by atoms with Crippen LogP contribution in [0, 0.1) is 5.92 Å². The van der Waals surface area contributed by atoms with E-state index in [0.717, 1.165) is 19.3 Å². The zero-order valence-corrected chi connectivity index (χ0v) is 12.5. The zero-order valence-electron chi connectivity index (χ0n) is 12.5. The highest BCUT2D eigenvalue weighted by molar-refractivity contribution is 5.69. The zero-order chi connectivity index (χ0) is 14.7. The van der Waals surface area contributed by atoms with Gasteiger partial charge in [-0.05, 0) is 52.9 Å². The summed E-state index contributed by atoms with van der Waals surface area (Å²) in [5.41, 5.74) is -0.683. The van der Waals surface area contributed by atoms with E-state index in [4.69, 9.17) is 4.74 Å². The van der Waals surface area contributed by atoms with E-state index in [9.17, 15) is 9.59 Å². The summed E-state index contributed by atoms with van der Waals surface area (Å²) in [6.45, 7) is 7.53. The molecule has 5 heteroatoms. The van der Waals surface area contributed by atoms with Crippen molar-refractivity contribution in [3.8, 4) is 0 Å². The standard InChI is InChI=1S/C14H25NO4/c1-13(2,3)19-12(17)15-14(4)8-10(9-14)6-7-11(16)18-5/h10H,6-9H2,1-5H3,(H,15,17). The molecule has 19 heavy (non-hydrogen) atoms. The lowest BCUT2D eigenvalue weighted by atomic mass is 9.68. The predicted molar refractivity (Wildman–Crippen MR) is 71.7 cm³/mol. The number of carbonyl (C=O) groups excluding carboxylic acids is 2. The van der Waals surface area contributed by atoms with E-state index < -0.39 is 5.60 Å². The predicted octanol–water partition coefficient (Wildman–Crippen LogP) is 2.63. The summed E-state index contributed by atoms with van der Waals surface area (Å²) in [5.74, 6) is 0.299. The molecule has 0 bridgehead atoms. The van der Waals surface area contributed by atoms with Gasteiger partial charge in [0.05, 0.1) is 7.11 Å². The number of nitrogens with one attached hydrogen (secondary N) is 1. The van der Waals surface area contributed by atoms with Gasteiger partial charge in [0.25, 0.3) is 0 Å². The maximum atomic E-state index is 11.7. The van der Waals surface area contributed by atoms with E-state index >= 15 is 0 Å². The molecular weight excluding hydrogens is 246 g/mol. The van der Waals surface area contributed by atoms with Gasteiger partial charge in [-0.2, -0.15) is 0 Å². The normalized spacial score (nSPS) is 26.3. The molecule has 0 spiro atoms. The van der Waals surface area contributed by atoms with Gasteiger partial charge < -0.3 is 14.8 Å². The average Bonchev–Trinajstić information content (AvgIpc) is 2.19. The molecule has 1 N–H and O–H groups in total. The summed E-state index contributed by atoms with van der Waals surface area (Å²) in [4.78, 5) is 22.7. The van der Waals surface area contributed by atoms with Gasteiger partial charge in [-0.25, -0.2) is 4.79 Å². The second-order valence-electron chi connectivity index (χ2n) is 6.58. The van der Waals surface area contributed by atoms with E-state index in [1.807, 2.05) is 27.7 Å². The SMILES string of the molecule is COC(=O)CCC1CC(C)(NC(=O)OC(C)(C)C)C1. The van der Waals surface area contributed by atoms with Gasteiger partial charge in [-0.3, -0.25) is 4.79 Å². The summed E-state index contributed by atoms with van der Waals surface area (Å²) in [6, 6.07) is 0. The van der Waals surface area contributed by atoms with Crippen molar-refractivity contribution < 1.29 is 19.1 Å². The van der Waals surface area contributed by atoms with E-state index in [0.29, 0.717) is 12.3 Å². The minimum atomic E-state index is -0.478. The fraction of sp³-hybridized carbons (Fsp3) is 0.857. The molecule has 0 aromatic heterocycles. The van der Waals surface area contributed by atoms with Crippen molar-refractivity contribution in [3.63, 3.8) is 0 Å². The molecule has 1 rings (SSSR count). The molecule has 0 aromatic carbocycles. The smallest absolute Gasteiger partial charge is 0.408 e. The lowest BCUT2D eigenvalue weighted by molar-refractivity contribution is -0.141. The van der Waals surface area contributed by atoms with Crippen LogP contribution in [-0.4, -0.2) is 30.3 Å². The molecule has 0 aliphatic heterocycles. The first-order valence-corrected chi connectivity index (χ1v) is 6.71. The van der Waals surface area contributed by atoms with Gasteiger partial charge in [0.1, 0.15) is 5.60 Å². The molecule has 0 unspecified atom stereocenters. The summed E-state index contributed by atoms with van der Waals surface area (Å²) in [6.07, 6.45) is 2.65. The molecule has 5 nitrogen and oxygen atoms in total. The Bertz CT molecular complexity index is 340. The number of carbonyl (C=O) groups is 2. The van der Waals surface area contributed by atoms with Gasteiger partial charge in [-0.1, -0.05) is 0 Å². The Balaban J connectivity index is 2.27. The largest absolute Gasteiger partial charge is 0.469 e. The quantitative estimate of drug-likeness (QED) is 0.798. The fourth-order valence-electron chi connectivity index (χ4n) is 2.49. The Labute approximate surface area is 115 Å². The first-order valence-electron chi connectivity index (χ1n) is 6.71. The van der Waals surface area contributed by atoms with Crippen molar-refractivity contribution >= 4 is 12.1 Å². The molecule has 0 heterocycles. The Kier molecular flexibility index (Phi) is 4.82. The van der Waals surface area contributed by atoms with Crippen LogP contribution in [-0.2, 0) is 14.3 Å². The molecule has 1 aliphatic carbocycles. The molecule has 1 amide bonds. The summed E-state index contributed by atoms with van der Waals surface area (Å²) >= 11 is 0. The molecule has 0 atom stereocenters. The van der Waals surface area contributed by atoms with Crippen LogP contribution in [0.5, 0.6) is 0 Å². The van der Waals surface area contributed by atoms with Crippen LogP contribution >= 0.6 is 0 Å². The van der Waals surface area contributed by atoms with E-state index in [1.54, 1.807) is 0 Å². The number of hydrogen-bond acceptors (Lipinski definition) is 4. The highest BCUT2D eigenvalue weighted by Crippen LogP contribution is 2.40. The highest BCUT2D eigenvalue weighted by Gasteiger charge is 2.41. The van der Waals surface area contributed by atoms with Crippen LogP contribution in [0.2, 0.25) is 0 Å². The molecule has 1 fully saturated rings. The van der Waals surface area contributed by atoms with Crippen LogP contribution in [0.25, 0.3) is 0 Å². The van der Waals surface area contributed by atoms with Crippen LogP contribution < -0.4 is 5.32 Å². The average molecular weight is 271 g/mol. The number of rotatable bonds is 4. The molecule has 1 aliphatic rings. The third kappa shape index (κ3) is 5.49. The number of hydrogen-bond donors (Lipinski definition) is 1. The summed E-state index contributed by atoms with van der Waals surface area (Å²) < 4.78 is 9.85. The fourth-order valence-corrected chi connectivity index (χ4v) is 2.49. The summed E-state index contributed by atoms with van der Waals surface area (Å²) in [5, 5.41) is 2.90. The van der Waals surface area contributed by atoms with Crippen LogP contribution in [0.3, 0.4) is 0 Å². The second kappa shape index (κ2) is 5.80. The number of ether oxygens (including phenoxy) is 2. The van der Waals surface area contributed by atoms with E-state index in [1.165, 1.54) is 7.11 Å². The second-order valence-corrected chi connectivity index (χ2v) is 6.58. The number of alkyl carbamates (subject to hydrolysis) is 1. The lowest BCUT2D eigenvalue weighted by Gasteiger charge is -2.45. The molecule has 0 aromatic rings. The Morgan fingerprint density at radius 2 is 1.89 bits per heavy atom. The van der Waals surface area contributed by atoms with Crippen molar-refractivity contribution in [2.75, 3.05) is 7.11 Å². The molecule has 0 saturated heterocycles. The van der Waals surface area contributed by atoms with Gasteiger partial charge in [0.2, 0.25) is 0 Å². The Morgan fingerprint density at radius 3 is 2.37 bits per heavy atom. The van der Waals surface area contributed by atoms with Crippen molar-refractivity contribution in [1.29, 1.82) is 0 Å². The van der Waals surface area contributed by atoms with Gasteiger partial charge in [0.15, 0.2) is 0 Å². The maximum Gasteiger partial charge on any atom is 0.408 e. The topological polar surface area (TPSA) is 64.6 Å². The van der Waals surface area contributed by atoms with E-state index in [2.05, 4.69) is 10.1 Å². The van der Waals surface area contributed by atoms with Crippen molar-refractivity contribution in [2.45, 2.75) is 64.5 Å². The van der Waals surface area contributed by atoms with Crippen molar-refractivity contribution in [1.82, 2.24) is 5.32 Å². The number of esters is 1. The van der Waals surface area contributed by atoms with Crippen LogP contribution in [0.15, 0.2) is 0 Å². The molecular formula is C14H25NO4. The van der Waals surface area contributed by atoms with Crippen molar-refractivity contribution in [3.05, 3.63) is 0 Å². The number of methoxy groups -OCH3 is 1. The maximum absolute atomic E-state index is 11.7.